The van der Waals surface area contributed by atoms with Crippen molar-refractivity contribution >= 4 is 21.9 Å². The van der Waals surface area contributed by atoms with Crippen LogP contribution in [0.2, 0.25) is 0 Å². The number of carbonyl (C=O) groups is 1. The van der Waals surface area contributed by atoms with E-state index < -0.39 is 17.1 Å². The largest absolute Gasteiger partial charge is 0.476 e. The van der Waals surface area contributed by atoms with E-state index in [1.165, 1.54) is 4.68 Å². The molecule has 0 radical (unpaired) electrons. The highest BCUT2D eigenvalue weighted by atomic mass is 79.9. The van der Waals surface area contributed by atoms with Crippen molar-refractivity contribution < 1.29 is 9.90 Å². The van der Waals surface area contributed by atoms with Crippen LogP contribution in [0.1, 0.15) is 41.4 Å². The van der Waals surface area contributed by atoms with Crippen LogP contribution in [-0.4, -0.2) is 20.9 Å². The third-order valence-electron chi connectivity index (χ3n) is 3.12. The molecule has 0 aliphatic carbocycles. The fourth-order valence-corrected chi connectivity index (χ4v) is 2.41. The summed E-state index contributed by atoms with van der Waals surface area (Å²) in [6.45, 7) is 5.62. The van der Waals surface area contributed by atoms with E-state index in [0.29, 0.717) is 11.3 Å². The van der Waals surface area contributed by atoms with E-state index in [2.05, 4.69) is 21.0 Å². The van der Waals surface area contributed by atoms with E-state index in [9.17, 15) is 14.7 Å². The monoisotopic (exact) mass is 350 g/mol. The number of halogens is 1. The summed E-state index contributed by atoms with van der Waals surface area (Å²) in [6, 6.07) is 5.66. The normalized spacial score (nSPS) is 10.9. The molecular weight excluding hydrogens is 336 g/mol. The Balaban J connectivity index is 2.78. The van der Waals surface area contributed by atoms with Crippen LogP contribution in [0.4, 0.5) is 0 Å². The Labute approximate surface area is 130 Å². The van der Waals surface area contributed by atoms with Crippen LogP contribution in [0.25, 0.3) is 5.69 Å². The van der Waals surface area contributed by atoms with Gasteiger partial charge in [0.15, 0.2) is 0 Å². The van der Waals surface area contributed by atoms with Gasteiger partial charge in [-0.15, -0.1) is 0 Å². The number of carboxylic acid groups (broad SMARTS) is 1. The quantitative estimate of drug-likeness (QED) is 0.922. The summed E-state index contributed by atoms with van der Waals surface area (Å²) in [6.07, 6.45) is 1.60. The van der Waals surface area contributed by atoms with Crippen LogP contribution in [0, 0.1) is 6.92 Å². The molecule has 1 N–H and O–H groups in total. The molecule has 1 aromatic carbocycles. The summed E-state index contributed by atoms with van der Waals surface area (Å²) in [5.41, 5.74) is 1.14. The lowest BCUT2D eigenvalue weighted by Gasteiger charge is -2.13. The van der Waals surface area contributed by atoms with E-state index in [-0.39, 0.29) is 5.92 Å². The van der Waals surface area contributed by atoms with Gasteiger partial charge in [-0.25, -0.2) is 9.48 Å². The number of aromatic nitrogens is 2. The molecule has 0 unspecified atom stereocenters. The summed E-state index contributed by atoms with van der Waals surface area (Å²) in [4.78, 5) is 23.4. The van der Waals surface area contributed by atoms with Crippen molar-refractivity contribution in [2.75, 3.05) is 0 Å². The molecular formula is C15H15BrN2O3. The van der Waals surface area contributed by atoms with Gasteiger partial charge in [0.1, 0.15) is 0 Å². The maximum absolute atomic E-state index is 12.1. The van der Waals surface area contributed by atoms with Gasteiger partial charge in [0.05, 0.1) is 5.69 Å². The van der Waals surface area contributed by atoms with Gasteiger partial charge in [-0.05, 0) is 46.5 Å². The van der Waals surface area contributed by atoms with E-state index >= 15 is 0 Å². The Morgan fingerprint density at radius 3 is 2.62 bits per heavy atom. The number of hydrogen-bond acceptors (Lipinski definition) is 3. The summed E-state index contributed by atoms with van der Waals surface area (Å²) >= 11 is 3.42. The van der Waals surface area contributed by atoms with Crippen molar-refractivity contribution in [3.05, 3.63) is 55.9 Å². The second kappa shape index (κ2) is 5.81. The summed E-state index contributed by atoms with van der Waals surface area (Å²) in [7, 11) is 0. The molecule has 5 nitrogen and oxygen atoms in total. The average Bonchev–Trinajstić information content (AvgIpc) is 2.41. The molecule has 0 amide bonds. The van der Waals surface area contributed by atoms with Crippen LogP contribution >= 0.6 is 15.9 Å². The number of nitrogens with zero attached hydrogens (tertiary/aromatic N) is 2. The summed E-state index contributed by atoms with van der Waals surface area (Å²) in [5.74, 6) is -1.41. The zero-order valence-electron chi connectivity index (χ0n) is 11.9. The predicted molar refractivity (Wildman–Crippen MR) is 83.3 cm³/mol. The number of benzene rings is 1. The molecule has 0 aliphatic heterocycles. The zero-order valence-corrected chi connectivity index (χ0v) is 13.5. The van der Waals surface area contributed by atoms with Crippen LogP contribution < -0.4 is 5.43 Å². The topological polar surface area (TPSA) is 72.2 Å². The Morgan fingerprint density at radius 2 is 2.05 bits per heavy atom. The summed E-state index contributed by atoms with van der Waals surface area (Å²) < 4.78 is 2.22. The second-order valence-corrected chi connectivity index (χ2v) is 5.98. The molecule has 1 aromatic heterocycles. The Kier molecular flexibility index (Phi) is 4.27. The van der Waals surface area contributed by atoms with Gasteiger partial charge in [0.25, 0.3) is 0 Å². The lowest BCUT2D eigenvalue weighted by atomic mass is 10.0. The number of carboxylic acids is 1. The molecule has 0 saturated heterocycles. The van der Waals surface area contributed by atoms with Gasteiger partial charge in [-0.2, -0.15) is 5.10 Å². The highest BCUT2D eigenvalue weighted by molar-refractivity contribution is 9.10. The van der Waals surface area contributed by atoms with E-state index in [4.69, 9.17) is 0 Å². The van der Waals surface area contributed by atoms with Crippen molar-refractivity contribution in [2.24, 2.45) is 0 Å². The first-order chi connectivity index (χ1) is 9.81. The molecule has 6 heteroatoms. The maximum atomic E-state index is 12.1. The van der Waals surface area contributed by atoms with Crippen LogP contribution in [-0.2, 0) is 0 Å². The third-order valence-corrected chi connectivity index (χ3v) is 3.79. The fraction of sp³-hybridized carbons (Fsp3) is 0.267. The Bertz CT molecular complexity index is 766. The minimum atomic E-state index is -1.32. The highest BCUT2D eigenvalue weighted by Gasteiger charge is 2.18. The molecule has 2 aromatic rings. The molecule has 21 heavy (non-hydrogen) atoms. The number of aromatic carboxylic acids is 1. The summed E-state index contributed by atoms with van der Waals surface area (Å²) in [5, 5.41) is 13.1. The number of rotatable bonds is 3. The molecule has 0 aliphatic rings. The van der Waals surface area contributed by atoms with Crippen LogP contribution in [0.5, 0.6) is 0 Å². The lowest BCUT2D eigenvalue weighted by Crippen LogP contribution is -2.25. The van der Waals surface area contributed by atoms with Gasteiger partial charge in [-0.3, -0.25) is 4.79 Å². The molecule has 0 bridgehead atoms. The Hall–Kier alpha value is -1.95. The van der Waals surface area contributed by atoms with Gasteiger partial charge in [-0.1, -0.05) is 19.9 Å². The standard InChI is InChI=1S/C15H15BrN2O3/c1-8(2)10-7-18(17-13(14(10)19)15(20)21)12-6-9(3)4-5-11(12)16/h4-8H,1-3H3,(H,20,21). The van der Waals surface area contributed by atoms with Gasteiger partial charge in [0, 0.05) is 16.2 Å². The SMILES string of the molecule is Cc1ccc(Br)c(-n2cc(C(C)C)c(=O)c(C(=O)O)n2)c1. The molecule has 0 spiro atoms. The lowest BCUT2D eigenvalue weighted by molar-refractivity contribution is 0.0686. The maximum Gasteiger partial charge on any atom is 0.360 e. The number of hydrogen-bond donors (Lipinski definition) is 1. The molecule has 1 heterocycles. The first-order valence-electron chi connectivity index (χ1n) is 6.45. The van der Waals surface area contributed by atoms with Gasteiger partial charge in [0.2, 0.25) is 11.1 Å². The minimum absolute atomic E-state index is 0.0894. The Morgan fingerprint density at radius 1 is 1.38 bits per heavy atom. The van der Waals surface area contributed by atoms with Crippen molar-refractivity contribution in [1.82, 2.24) is 9.78 Å². The predicted octanol–water partition coefficient (Wildman–Crippen LogP) is 3.13. The zero-order chi connectivity index (χ0) is 15.7. The van der Waals surface area contributed by atoms with Gasteiger partial charge < -0.3 is 5.11 Å². The fourth-order valence-electron chi connectivity index (χ4n) is 1.98. The second-order valence-electron chi connectivity index (χ2n) is 5.12. The van der Waals surface area contributed by atoms with Gasteiger partial charge >= 0.3 is 5.97 Å². The smallest absolute Gasteiger partial charge is 0.360 e. The van der Waals surface area contributed by atoms with Crippen LogP contribution in [0.15, 0.2) is 33.7 Å². The molecule has 0 atom stereocenters. The van der Waals surface area contributed by atoms with Crippen molar-refractivity contribution in [1.29, 1.82) is 0 Å². The third kappa shape index (κ3) is 3.05. The average molecular weight is 351 g/mol. The van der Waals surface area contributed by atoms with E-state index in [0.717, 1.165) is 10.0 Å². The molecule has 0 saturated carbocycles. The molecule has 0 fully saturated rings. The first-order valence-corrected chi connectivity index (χ1v) is 7.24. The van der Waals surface area contributed by atoms with Crippen molar-refractivity contribution in [3.63, 3.8) is 0 Å². The molecule has 110 valence electrons. The van der Waals surface area contributed by atoms with E-state index in [1.807, 2.05) is 39.0 Å². The van der Waals surface area contributed by atoms with Crippen molar-refractivity contribution in [2.45, 2.75) is 26.7 Å². The number of aryl methyl sites for hydroxylation is 1. The first kappa shape index (κ1) is 15.4. The minimum Gasteiger partial charge on any atom is -0.476 e. The highest BCUT2D eigenvalue weighted by Crippen LogP contribution is 2.22. The van der Waals surface area contributed by atoms with Crippen molar-refractivity contribution in [3.8, 4) is 5.69 Å². The molecule has 2 rings (SSSR count). The van der Waals surface area contributed by atoms with E-state index in [1.54, 1.807) is 6.20 Å². The van der Waals surface area contributed by atoms with Crippen LogP contribution in [0.3, 0.4) is 0 Å².